The highest BCUT2D eigenvalue weighted by atomic mass is 16.1. The predicted molar refractivity (Wildman–Crippen MR) is 58.6 cm³/mol. The maximum absolute atomic E-state index is 11.2. The standard InChI is InChI=1S/C12H12N2O/c1-9(15)10-4-3-5-11(8-10)12-6-7-13-14(12)2/h3-8H,1-2H3. The van der Waals surface area contributed by atoms with Gasteiger partial charge in [-0.3, -0.25) is 9.48 Å². The van der Waals surface area contributed by atoms with Gasteiger partial charge in [-0.05, 0) is 19.1 Å². The van der Waals surface area contributed by atoms with Gasteiger partial charge < -0.3 is 0 Å². The van der Waals surface area contributed by atoms with E-state index in [1.54, 1.807) is 17.8 Å². The van der Waals surface area contributed by atoms with Crippen LogP contribution in [0, 0.1) is 0 Å². The lowest BCUT2D eigenvalue weighted by atomic mass is 10.1. The smallest absolute Gasteiger partial charge is 0.159 e. The van der Waals surface area contributed by atoms with E-state index < -0.39 is 0 Å². The molecule has 0 aliphatic rings. The molecule has 2 rings (SSSR count). The lowest BCUT2D eigenvalue weighted by Crippen LogP contribution is -1.96. The Hall–Kier alpha value is -1.90. The number of benzene rings is 1. The zero-order chi connectivity index (χ0) is 10.8. The van der Waals surface area contributed by atoms with Gasteiger partial charge in [0.2, 0.25) is 0 Å². The summed E-state index contributed by atoms with van der Waals surface area (Å²) in [4.78, 5) is 11.2. The summed E-state index contributed by atoms with van der Waals surface area (Å²) in [5.41, 5.74) is 2.76. The molecule has 0 N–H and O–H groups in total. The maximum Gasteiger partial charge on any atom is 0.159 e. The fraction of sp³-hybridized carbons (Fsp3) is 0.167. The molecule has 0 aliphatic carbocycles. The minimum Gasteiger partial charge on any atom is -0.295 e. The first-order valence-corrected chi connectivity index (χ1v) is 4.78. The lowest BCUT2D eigenvalue weighted by molar-refractivity contribution is 0.101. The molecule has 76 valence electrons. The largest absolute Gasteiger partial charge is 0.295 e. The summed E-state index contributed by atoms with van der Waals surface area (Å²) < 4.78 is 1.79. The molecule has 15 heavy (non-hydrogen) atoms. The Bertz CT molecular complexity index is 500. The van der Waals surface area contributed by atoms with E-state index in [2.05, 4.69) is 5.10 Å². The third-order valence-corrected chi connectivity index (χ3v) is 2.39. The highest BCUT2D eigenvalue weighted by Crippen LogP contribution is 2.19. The SMILES string of the molecule is CC(=O)c1cccc(-c2ccnn2C)c1. The molecule has 0 fully saturated rings. The van der Waals surface area contributed by atoms with Crippen LogP contribution >= 0.6 is 0 Å². The van der Waals surface area contributed by atoms with Crippen molar-refractivity contribution in [3.8, 4) is 11.3 Å². The fourth-order valence-corrected chi connectivity index (χ4v) is 1.55. The molecular formula is C12H12N2O. The van der Waals surface area contributed by atoms with Crippen molar-refractivity contribution in [2.75, 3.05) is 0 Å². The van der Waals surface area contributed by atoms with E-state index in [0.29, 0.717) is 0 Å². The van der Waals surface area contributed by atoms with Gasteiger partial charge in [0, 0.05) is 24.4 Å². The quantitative estimate of drug-likeness (QED) is 0.697. The summed E-state index contributed by atoms with van der Waals surface area (Å²) in [5, 5.41) is 4.10. The Morgan fingerprint density at radius 1 is 1.33 bits per heavy atom. The molecule has 0 radical (unpaired) electrons. The first-order valence-electron chi connectivity index (χ1n) is 4.78. The lowest BCUT2D eigenvalue weighted by Gasteiger charge is -2.03. The molecule has 0 aliphatic heterocycles. The van der Waals surface area contributed by atoms with Crippen LogP contribution in [0.2, 0.25) is 0 Å². The number of hydrogen-bond acceptors (Lipinski definition) is 2. The van der Waals surface area contributed by atoms with Crippen molar-refractivity contribution in [2.24, 2.45) is 7.05 Å². The normalized spacial score (nSPS) is 10.3. The van der Waals surface area contributed by atoms with Crippen LogP contribution in [0.4, 0.5) is 0 Å². The van der Waals surface area contributed by atoms with Gasteiger partial charge >= 0.3 is 0 Å². The van der Waals surface area contributed by atoms with E-state index in [1.807, 2.05) is 37.4 Å². The number of rotatable bonds is 2. The van der Waals surface area contributed by atoms with Gasteiger partial charge in [0.15, 0.2) is 5.78 Å². The molecule has 1 heterocycles. The number of aromatic nitrogens is 2. The molecule has 1 aromatic carbocycles. The summed E-state index contributed by atoms with van der Waals surface area (Å²) in [6.07, 6.45) is 1.75. The fourth-order valence-electron chi connectivity index (χ4n) is 1.55. The first kappa shape index (κ1) is 9.65. The van der Waals surface area contributed by atoms with Gasteiger partial charge in [0.1, 0.15) is 0 Å². The summed E-state index contributed by atoms with van der Waals surface area (Å²) in [6, 6.07) is 9.50. The number of hydrogen-bond donors (Lipinski definition) is 0. The molecule has 0 spiro atoms. The van der Waals surface area contributed by atoms with Gasteiger partial charge in [-0.1, -0.05) is 18.2 Å². The van der Waals surface area contributed by atoms with Crippen LogP contribution in [0.1, 0.15) is 17.3 Å². The van der Waals surface area contributed by atoms with Crippen molar-refractivity contribution < 1.29 is 4.79 Å². The molecule has 0 saturated carbocycles. The number of Topliss-reactive ketones (excluding diaryl/α,β-unsaturated/α-hetero) is 1. The molecular weight excluding hydrogens is 188 g/mol. The van der Waals surface area contributed by atoms with E-state index in [1.165, 1.54) is 0 Å². The van der Waals surface area contributed by atoms with Gasteiger partial charge in [-0.15, -0.1) is 0 Å². The minimum absolute atomic E-state index is 0.0824. The third kappa shape index (κ3) is 1.81. The number of nitrogens with zero attached hydrogens (tertiary/aromatic N) is 2. The Morgan fingerprint density at radius 2 is 2.13 bits per heavy atom. The van der Waals surface area contributed by atoms with Crippen molar-refractivity contribution in [1.82, 2.24) is 9.78 Å². The van der Waals surface area contributed by atoms with Crippen molar-refractivity contribution in [1.29, 1.82) is 0 Å². The zero-order valence-electron chi connectivity index (χ0n) is 8.77. The van der Waals surface area contributed by atoms with Gasteiger partial charge in [0.25, 0.3) is 0 Å². The van der Waals surface area contributed by atoms with Crippen LogP contribution in [0.5, 0.6) is 0 Å². The van der Waals surface area contributed by atoms with Crippen LogP contribution in [0.3, 0.4) is 0 Å². The molecule has 3 nitrogen and oxygen atoms in total. The number of aryl methyl sites for hydroxylation is 1. The maximum atomic E-state index is 11.2. The highest BCUT2D eigenvalue weighted by molar-refractivity contribution is 5.95. The zero-order valence-corrected chi connectivity index (χ0v) is 8.77. The van der Waals surface area contributed by atoms with Crippen molar-refractivity contribution in [3.05, 3.63) is 42.1 Å². The second-order valence-corrected chi connectivity index (χ2v) is 3.48. The average Bonchev–Trinajstić information content (AvgIpc) is 2.64. The van der Waals surface area contributed by atoms with Crippen molar-refractivity contribution >= 4 is 5.78 Å². The second-order valence-electron chi connectivity index (χ2n) is 3.48. The van der Waals surface area contributed by atoms with Crippen LogP contribution in [0.25, 0.3) is 11.3 Å². The van der Waals surface area contributed by atoms with Crippen molar-refractivity contribution in [3.63, 3.8) is 0 Å². The molecule has 3 heteroatoms. The van der Waals surface area contributed by atoms with E-state index >= 15 is 0 Å². The summed E-state index contributed by atoms with van der Waals surface area (Å²) >= 11 is 0. The van der Waals surface area contributed by atoms with Crippen molar-refractivity contribution in [2.45, 2.75) is 6.92 Å². The molecule has 2 aromatic rings. The molecule has 1 aromatic heterocycles. The van der Waals surface area contributed by atoms with Crippen LogP contribution in [-0.4, -0.2) is 15.6 Å². The Labute approximate surface area is 88.4 Å². The minimum atomic E-state index is 0.0824. The Morgan fingerprint density at radius 3 is 2.73 bits per heavy atom. The Kier molecular flexibility index (Phi) is 2.37. The number of carbonyl (C=O) groups is 1. The first-order chi connectivity index (χ1) is 7.18. The topological polar surface area (TPSA) is 34.9 Å². The molecule has 0 bridgehead atoms. The van der Waals surface area contributed by atoms with Gasteiger partial charge in [0.05, 0.1) is 5.69 Å². The second kappa shape index (κ2) is 3.69. The summed E-state index contributed by atoms with van der Waals surface area (Å²) in [5.74, 6) is 0.0824. The van der Waals surface area contributed by atoms with E-state index in [4.69, 9.17) is 0 Å². The monoisotopic (exact) mass is 200 g/mol. The van der Waals surface area contributed by atoms with E-state index in [0.717, 1.165) is 16.8 Å². The average molecular weight is 200 g/mol. The van der Waals surface area contributed by atoms with Crippen LogP contribution in [0.15, 0.2) is 36.5 Å². The molecule has 0 amide bonds. The molecule has 0 unspecified atom stereocenters. The number of carbonyl (C=O) groups excluding carboxylic acids is 1. The predicted octanol–water partition coefficient (Wildman–Crippen LogP) is 2.29. The summed E-state index contributed by atoms with van der Waals surface area (Å²) in [7, 11) is 1.88. The van der Waals surface area contributed by atoms with E-state index in [-0.39, 0.29) is 5.78 Å². The molecule has 0 atom stereocenters. The van der Waals surface area contributed by atoms with Crippen LogP contribution < -0.4 is 0 Å². The number of ketones is 1. The van der Waals surface area contributed by atoms with E-state index in [9.17, 15) is 4.79 Å². The Balaban J connectivity index is 2.50. The van der Waals surface area contributed by atoms with Crippen LogP contribution in [-0.2, 0) is 7.05 Å². The highest BCUT2D eigenvalue weighted by Gasteiger charge is 2.04. The third-order valence-electron chi connectivity index (χ3n) is 2.39. The molecule has 0 saturated heterocycles. The van der Waals surface area contributed by atoms with Gasteiger partial charge in [-0.2, -0.15) is 5.10 Å². The summed E-state index contributed by atoms with van der Waals surface area (Å²) in [6.45, 7) is 1.57. The van der Waals surface area contributed by atoms with Gasteiger partial charge in [-0.25, -0.2) is 0 Å².